The van der Waals surface area contributed by atoms with Crippen molar-refractivity contribution in [2.24, 2.45) is 7.05 Å². The van der Waals surface area contributed by atoms with E-state index in [0.29, 0.717) is 6.54 Å². The first kappa shape index (κ1) is 14.5. The van der Waals surface area contributed by atoms with Crippen LogP contribution >= 0.6 is 0 Å². The van der Waals surface area contributed by atoms with E-state index in [0.717, 1.165) is 13.0 Å². The lowest BCUT2D eigenvalue weighted by atomic mass is 10.0. The van der Waals surface area contributed by atoms with Crippen molar-refractivity contribution < 1.29 is 0 Å². The molecule has 1 aromatic carbocycles. The van der Waals surface area contributed by atoms with E-state index in [2.05, 4.69) is 42.5 Å². The second-order valence-electron chi connectivity index (χ2n) is 5.13. The summed E-state index contributed by atoms with van der Waals surface area (Å²) < 4.78 is 3.00. The Hall–Kier alpha value is -1.88. The minimum Gasteiger partial charge on any atom is -0.308 e. The highest BCUT2D eigenvalue weighted by atomic mass is 16.2. The van der Waals surface area contributed by atoms with Crippen molar-refractivity contribution in [3.63, 3.8) is 0 Å². The van der Waals surface area contributed by atoms with Crippen LogP contribution in [0.5, 0.6) is 0 Å². The van der Waals surface area contributed by atoms with Crippen LogP contribution in [0.2, 0.25) is 0 Å². The van der Waals surface area contributed by atoms with Gasteiger partial charge < -0.3 is 5.32 Å². The van der Waals surface area contributed by atoms with Crippen LogP contribution in [0.4, 0.5) is 0 Å². The van der Waals surface area contributed by atoms with Crippen molar-refractivity contribution in [3.8, 4) is 0 Å². The molecule has 0 radical (unpaired) electrons. The molecule has 0 aliphatic heterocycles. The minimum atomic E-state index is -0.0825. The van der Waals surface area contributed by atoms with E-state index in [-0.39, 0.29) is 11.7 Å². The topological polar surface area (TPSA) is 51.9 Å². The summed E-state index contributed by atoms with van der Waals surface area (Å²) in [6.07, 6.45) is 2.61. The van der Waals surface area contributed by atoms with Gasteiger partial charge in [-0.3, -0.25) is 4.57 Å². The van der Waals surface area contributed by atoms with Crippen LogP contribution in [0, 0.1) is 6.92 Å². The summed E-state index contributed by atoms with van der Waals surface area (Å²) in [6.45, 7) is 5.67. The summed E-state index contributed by atoms with van der Waals surface area (Å²) in [5.74, 6) is 0. The van der Waals surface area contributed by atoms with E-state index in [1.165, 1.54) is 20.4 Å². The van der Waals surface area contributed by atoms with E-state index in [1.807, 2.05) is 6.07 Å². The maximum atomic E-state index is 11.9. The van der Waals surface area contributed by atoms with E-state index in [9.17, 15) is 4.79 Å². The zero-order chi connectivity index (χ0) is 14.5. The van der Waals surface area contributed by atoms with Gasteiger partial charge in [-0.2, -0.15) is 5.10 Å². The fraction of sp³-hybridized carbons (Fsp3) is 0.467. The van der Waals surface area contributed by atoms with Gasteiger partial charge in [0.05, 0.1) is 12.6 Å². The van der Waals surface area contributed by atoms with Gasteiger partial charge in [0.2, 0.25) is 0 Å². The number of aryl methyl sites for hydroxylation is 2. The SMILES string of the molecule is CCCNC(Cn1ncn(C)c1=O)c1cccc(C)c1. The maximum Gasteiger partial charge on any atom is 0.345 e. The van der Waals surface area contributed by atoms with E-state index in [1.54, 1.807) is 13.4 Å². The number of hydrogen-bond acceptors (Lipinski definition) is 3. The van der Waals surface area contributed by atoms with Crippen LogP contribution in [0.25, 0.3) is 0 Å². The highest BCUT2D eigenvalue weighted by molar-refractivity contribution is 5.25. The molecule has 20 heavy (non-hydrogen) atoms. The largest absolute Gasteiger partial charge is 0.345 e. The van der Waals surface area contributed by atoms with Crippen LogP contribution in [-0.2, 0) is 13.6 Å². The maximum absolute atomic E-state index is 11.9. The summed E-state index contributed by atoms with van der Waals surface area (Å²) in [5, 5.41) is 7.63. The number of benzene rings is 1. The Morgan fingerprint density at radius 3 is 2.80 bits per heavy atom. The van der Waals surface area contributed by atoms with Gasteiger partial charge in [0.15, 0.2) is 0 Å². The van der Waals surface area contributed by atoms with Gasteiger partial charge in [0, 0.05) is 7.05 Å². The summed E-state index contributed by atoms with van der Waals surface area (Å²) in [4.78, 5) is 11.9. The predicted octanol–water partition coefficient (Wildman–Crippen LogP) is 1.63. The first-order valence-electron chi connectivity index (χ1n) is 7.00. The lowest BCUT2D eigenvalue weighted by molar-refractivity contribution is 0.429. The third-order valence-corrected chi connectivity index (χ3v) is 3.33. The third-order valence-electron chi connectivity index (χ3n) is 3.33. The Balaban J connectivity index is 2.23. The predicted molar refractivity (Wildman–Crippen MR) is 79.7 cm³/mol. The number of hydrogen-bond donors (Lipinski definition) is 1. The van der Waals surface area contributed by atoms with Gasteiger partial charge in [0.1, 0.15) is 6.33 Å². The van der Waals surface area contributed by atoms with Gasteiger partial charge >= 0.3 is 5.69 Å². The molecule has 0 fully saturated rings. The molecule has 5 nitrogen and oxygen atoms in total. The Morgan fingerprint density at radius 1 is 1.40 bits per heavy atom. The van der Waals surface area contributed by atoms with Gasteiger partial charge in [-0.25, -0.2) is 9.48 Å². The molecule has 0 saturated heterocycles. The quantitative estimate of drug-likeness (QED) is 0.871. The highest BCUT2D eigenvalue weighted by Crippen LogP contribution is 2.16. The molecule has 0 saturated carbocycles. The minimum absolute atomic E-state index is 0.0825. The Kier molecular flexibility index (Phi) is 4.74. The zero-order valence-electron chi connectivity index (χ0n) is 12.3. The lowest BCUT2D eigenvalue weighted by Gasteiger charge is -2.19. The molecule has 0 bridgehead atoms. The first-order valence-corrected chi connectivity index (χ1v) is 7.00. The fourth-order valence-corrected chi connectivity index (χ4v) is 2.21. The number of aromatic nitrogens is 3. The molecule has 0 aliphatic carbocycles. The van der Waals surface area contributed by atoms with E-state index < -0.39 is 0 Å². The first-order chi connectivity index (χ1) is 9.61. The molecule has 0 amide bonds. The smallest absolute Gasteiger partial charge is 0.308 e. The second-order valence-corrected chi connectivity index (χ2v) is 5.13. The molecule has 2 aromatic rings. The van der Waals surface area contributed by atoms with E-state index >= 15 is 0 Å². The number of rotatable bonds is 6. The van der Waals surface area contributed by atoms with Crippen molar-refractivity contribution in [2.45, 2.75) is 32.9 Å². The van der Waals surface area contributed by atoms with Crippen molar-refractivity contribution >= 4 is 0 Å². The molecule has 108 valence electrons. The average Bonchev–Trinajstić information content (AvgIpc) is 2.75. The van der Waals surface area contributed by atoms with Crippen LogP contribution < -0.4 is 11.0 Å². The lowest BCUT2D eigenvalue weighted by Crippen LogP contribution is -2.32. The molecule has 1 N–H and O–H groups in total. The number of nitrogens with one attached hydrogen (secondary N) is 1. The molecule has 1 atom stereocenters. The van der Waals surface area contributed by atoms with Crippen LogP contribution in [0.3, 0.4) is 0 Å². The van der Waals surface area contributed by atoms with Crippen LogP contribution in [0.15, 0.2) is 35.4 Å². The summed E-state index contributed by atoms with van der Waals surface area (Å²) in [5.41, 5.74) is 2.33. The Bertz CT molecular complexity index is 614. The van der Waals surface area contributed by atoms with Crippen molar-refractivity contribution in [2.75, 3.05) is 6.54 Å². The highest BCUT2D eigenvalue weighted by Gasteiger charge is 2.14. The van der Waals surface area contributed by atoms with Gasteiger partial charge in [-0.15, -0.1) is 0 Å². The normalized spacial score (nSPS) is 12.6. The molecule has 0 aliphatic rings. The average molecular weight is 274 g/mol. The molecule has 1 aromatic heterocycles. The monoisotopic (exact) mass is 274 g/mol. The van der Waals surface area contributed by atoms with Crippen molar-refractivity contribution in [1.82, 2.24) is 19.7 Å². The van der Waals surface area contributed by atoms with Gasteiger partial charge in [-0.05, 0) is 25.5 Å². The fourth-order valence-electron chi connectivity index (χ4n) is 2.21. The second kappa shape index (κ2) is 6.52. The van der Waals surface area contributed by atoms with Gasteiger partial charge in [-0.1, -0.05) is 36.8 Å². The Morgan fingerprint density at radius 2 is 2.20 bits per heavy atom. The molecule has 2 rings (SSSR count). The molecular weight excluding hydrogens is 252 g/mol. The third kappa shape index (κ3) is 3.36. The molecule has 1 unspecified atom stereocenters. The number of nitrogens with zero attached hydrogens (tertiary/aromatic N) is 3. The summed E-state index contributed by atoms with van der Waals surface area (Å²) in [6, 6.07) is 8.47. The van der Waals surface area contributed by atoms with Crippen molar-refractivity contribution in [1.29, 1.82) is 0 Å². The van der Waals surface area contributed by atoms with Crippen LogP contribution in [0.1, 0.15) is 30.5 Å². The molecule has 0 spiro atoms. The van der Waals surface area contributed by atoms with E-state index in [4.69, 9.17) is 0 Å². The standard InChI is InChI=1S/C15H22N4O/c1-4-8-16-14(13-7-5-6-12(2)9-13)10-19-15(20)18(3)11-17-19/h5-7,9,11,14,16H,4,8,10H2,1-3H3. The molecule has 1 heterocycles. The molecular formula is C15H22N4O. The summed E-state index contributed by atoms with van der Waals surface area (Å²) in [7, 11) is 1.72. The zero-order valence-corrected chi connectivity index (χ0v) is 12.3. The Labute approximate surface area is 119 Å². The van der Waals surface area contributed by atoms with Crippen LogP contribution in [-0.4, -0.2) is 20.9 Å². The van der Waals surface area contributed by atoms with Gasteiger partial charge in [0.25, 0.3) is 0 Å². The summed E-state index contributed by atoms with van der Waals surface area (Å²) >= 11 is 0. The molecule has 5 heteroatoms. The van der Waals surface area contributed by atoms with Crippen molar-refractivity contribution in [3.05, 3.63) is 52.2 Å².